The standard InChI is InChI=1S/C10H13N5O/c1-6(2)8(11)10-14-9(15-16-10)7-3-4-12-5-13-7/h3-6,8H,11H2,1-2H3/t8-/m0/s1. The molecule has 0 aliphatic heterocycles. The molecular weight excluding hydrogens is 206 g/mol. The van der Waals surface area contributed by atoms with Crippen molar-refractivity contribution < 1.29 is 4.52 Å². The highest BCUT2D eigenvalue weighted by atomic mass is 16.5. The minimum absolute atomic E-state index is 0.247. The number of rotatable bonds is 3. The summed E-state index contributed by atoms with van der Waals surface area (Å²) in [4.78, 5) is 12.1. The van der Waals surface area contributed by atoms with Crippen LogP contribution in [0.5, 0.6) is 0 Å². The molecule has 0 unspecified atom stereocenters. The topological polar surface area (TPSA) is 90.7 Å². The third kappa shape index (κ3) is 2.06. The van der Waals surface area contributed by atoms with Crippen molar-refractivity contribution >= 4 is 0 Å². The van der Waals surface area contributed by atoms with Gasteiger partial charge in [0.05, 0.1) is 6.04 Å². The van der Waals surface area contributed by atoms with Crippen molar-refractivity contribution in [3.8, 4) is 11.5 Å². The average Bonchev–Trinajstić information content (AvgIpc) is 2.78. The van der Waals surface area contributed by atoms with Gasteiger partial charge in [-0.05, 0) is 12.0 Å². The van der Waals surface area contributed by atoms with Gasteiger partial charge in [-0.25, -0.2) is 9.97 Å². The second kappa shape index (κ2) is 4.36. The molecule has 0 amide bonds. The van der Waals surface area contributed by atoms with E-state index in [4.69, 9.17) is 10.3 Å². The zero-order chi connectivity index (χ0) is 11.5. The summed E-state index contributed by atoms with van der Waals surface area (Å²) >= 11 is 0. The molecule has 0 bridgehead atoms. The Morgan fingerprint density at radius 1 is 1.38 bits per heavy atom. The van der Waals surface area contributed by atoms with Crippen LogP contribution in [0.15, 0.2) is 23.1 Å². The minimum atomic E-state index is -0.247. The lowest BCUT2D eigenvalue weighted by atomic mass is 10.1. The van der Waals surface area contributed by atoms with E-state index in [9.17, 15) is 0 Å². The van der Waals surface area contributed by atoms with Crippen LogP contribution in [0.1, 0.15) is 25.8 Å². The van der Waals surface area contributed by atoms with Gasteiger partial charge in [0.15, 0.2) is 0 Å². The molecule has 2 aromatic heterocycles. The van der Waals surface area contributed by atoms with E-state index < -0.39 is 0 Å². The Hall–Kier alpha value is -1.82. The molecule has 6 nitrogen and oxygen atoms in total. The summed E-state index contributed by atoms with van der Waals surface area (Å²) < 4.78 is 5.10. The van der Waals surface area contributed by atoms with Gasteiger partial charge in [0.2, 0.25) is 11.7 Å². The van der Waals surface area contributed by atoms with Gasteiger partial charge in [-0.3, -0.25) is 0 Å². The Bertz CT molecular complexity index is 453. The van der Waals surface area contributed by atoms with Crippen LogP contribution < -0.4 is 5.73 Å². The molecule has 0 spiro atoms. The van der Waals surface area contributed by atoms with Gasteiger partial charge in [-0.2, -0.15) is 4.98 Å². The predicted octanol–water partition coefficient (Wildman–Crippen LogP) is 1.18. The molecule has 0 saturated heterocycles. The monoisotopic (exact) mass is 219 g/mol. The van der Waals surface area contributed by atoms with E-state index >= 15 is 0 Å². The summed E-state index contributed by atoms with van der Waals surface area (Å²) in [5, 5.41) is 3.83. The first-order valence-corrected chi connectivity index (χ1v) is 5.04. The van der Waals surface area contributed by atoms with Crippen molar-refractivity contribution in [3.05, 3.63) is 24.5 Å². The van der Waals surface area contributed by atoms with Crippen LogP contribution in [0, 0.1) is 5.92 Å². The average molecular weight is 219 g/mol. The maximum Gasteiger partial charge on any atom is 0.244 e. The van der Waals surface area contributed by atoms with E-state index in [2.05, 4.69) is 20.1 Å². The van der Waals surface area contributed by atoms with Gasteiger partial charge in [-0.1, -0.05) is 19.0 Å². The molecule has 84 valence electrons. The Labute approximate surface area is 92.9 Å². The minimum Gasteiger partial charge on any atom is -0.337 e. The van der Waals surface area contributed by atoms with Crippen LogP contribution in [-0.2, 0) is 0 Å². The highest BCUT2D eigenvalue weighted by molar-refractivity contribution is 5.46. The van der Waals surface area contributed by atoms with E-state index in [1.165, 1.54) is 6.33 Å². The Kier molecular flexibility index (Phi) is 2.91. The summed E-state index contributed by atoms with van der Waals surface area (Å²) in [5.41, 5.74) is 6.53. The molecule has 2 heterocycles. The number of aromatic nitrogens is 4. The van der Waals surface area contributed by atoms with E-state index in [1.807, 2.05) is 13.8 Å². The van der Waals surface area contributed by atoms with Gasteiger partial charge in [-0.15, -0.1) is 0 Å². The van der Waals surface area contributed by atoms with Crippen LogP contribution in [0.3, 0.4) is 0 Å². The summed E-state index contributed by atoms with van der Waals surface area (Å²) in [5.74, 6) is 1.12. The summed E-state index contributed by atoms with van der Waals surface area (Å²) in [6, 6.07) is 1.47. The lowest BCUT2D eigenvalue weighted by molar-refractivity contribution is 0.325. The van der Waals surface area contributed by atoms with Crippen LogP contribution in [0.2, 0.25) is 0 Å². The van der Waals surface area contributed by atoms with Crippen molar-refractivity contribution in [1.29, 1.82) is 0 Å². The molecule has 0 aliphatic rings. The Morgan fingerprint density at radius 2 is 2.19 bits per heavy atom. The zero-order valence-electron chi connectivity index (χ0n) is 9.16. The number of hydrogen-bond acceptors (Lipinski definition) is 6. The largest absolute Gasteiger partial charge is 0.337 e. The predicted molar refractivity (Wildman–Crippen MR) is 57.1 cm³/mol. The van der Waals surface area contributed by atoms with Crippen LogP contribution >= 0.6 is 0 Å². The second-order valence-corrected chi connectivity index (χ2v) is 3.82. The molecule has 1 atom stereocenters. The van der Waals surface area contributed by atoms with Crippen molar-refractivity contribution in [2.75, 3.05) is 0 Å². The zero-order valence-corrected chi connectivity index (χ0v) is 9.16. The molecule has 6 heteroatoms. The molecule has 2 aromatic rings. The van der Waals surface area contributed by atoms with E-state index in [0.29, 0.717) is 17.4 Å². The van der Waals surface area contributed by atoms with Crippen molar-refractivity contribution in [1.82, 2.24) is 20.1 Å². The van der Waals surface area contributed by atoms with E-state index in [1.54, 1.807) is 12.3 Å². The van der Waals surface area contributed by atoms with Gasteiger partial charge >= 0.3 is 0 Å². The molecule has 0 aromatic carbocycles. The van der Waals surface area contributed by atoms with Crippen molar-refractivity contribution in [3.63, 3.8) is 0 Å². The number of hydrogen-bond donors (Lipinski definition) is 1. The van der Waals surface area contributed by atoms with Gasteiger partial charge in [0.1, 0.15) is 12.0 Å². The normalized spacial score (nSPS) is 13.0. The fourth-order valence-corrected chi connectivity index (χ4v) is 1.18. The van der Waals surface area contributed by atoms with Crippen molar-refractivity contribution in [2.24, 2.45) is 11.7 Å². The van der Waals surface area contributed by atoms with Gasteiger partial charge < -0.3 is 10.3 Å². The molecular formula is C10H13N5O. The maximum absolute atomic E-state index is 5.90. The highest BCUT2D eigenvalue weighted by Crippen LogP contribution is 2.19. The summed E-state index contributed by atoms with van der Waals surface area (Å²) in [7, 11) is 0. The van der Waals surface area contributed by atoms with Gasteiger partial charge in [0, 0.05) is 6.20 Å². The van der Waals surface area contributed by atoms with E-state index in [0.717, 1.165) is 0 Å². The second-order valence-electron chi connectivity index (χ2n) is 3.82. The molecule has 0 saturated carbocycles. The summed E-state index contributed by atoms with van der Waals surface area (Å²) in [6.07, 6.45) is 3.06. The number of nitrogens with two attached hydrogens (primary N) is 1. The fourth-order valence-electron chi connectivity index (χ4n) is 1.18. The molecule has 0 aliphatic carbocycles. The van der Waals surface area contributed by atoms with Crippen LogP contribution in [0.4, 0.5) is 0 Å². The van der Waals surface area contributed by atoms with Crippen molar-refractivity contribution in [2.45, 2.75) is 19.9 Å². The first-order valence-electron chi connectivity index (χ1n) is 5.04. The molecule has 0 radical (unpaired) electrons. The molecule has 2 rings (SSSR count). The van der Waals surface area contributed by atoms with Crippen LogP contribution in [0.25, 0.3) is 11.5 Å². The SMILES string of the molecule is CC(C)[C@H](N)c1nc(-c2ccncn2)no1. The quantitative estimate of drug-likeness (QED) is 0.833. The lowest BCUT2D eigenvalue weighted by Crippen LogP contribution is -2.16. The first-order chi connectivity index (χ1) is 7.68. The molecule has 0 fully saturated rings. The first kappa shape index (κ1) is 10.7. The third-order valence-corrected chi connectivity index (χ3v) is 2.26. The molecule has 16 heavy (non-hydrogen) atoms. The fraction of sp³-hybridized carbons (Fsp3) is 0.400. The maximum atomic E-state index is 5.90. The Balaban J connectivity index is 2.27. The summed E-state index contributed by atoms with van der Waals surface area (Å²) in [6.45, 7) is 4.00. The Morgan fingerprint density at radius 3 is 2.81 bits per heavy atom. The molecule has 2 N–H and O–H groups in total. The lowest BCUT2D eigenvalue weighted by Gasteiger charge is -2.09. The van der Waals surface area contributed by atoms with Gasteiger partial charge in [0.25, 0.3) is 0 Å². The highest BCUT2D eigenvalue weighted by Gasteiger charge is 2.18. The number of nitrogens with zero attached hydrogens (tertiary/aromatic N) is 4. The third-order valence-electron chi connectivity index (χ3n) is 2.26. The van der Waals surface area contributed by atoms with Crippen LogP contribution in [-0.4, -0.2) is 20.1 Å². The smallest absolute Gasteiger partial charge is 0.244 e. The van der Waals surface area contributed by atoms with E-state index in [-0.39, 0.29) is 12.0 Å².